The zero-order chi connectivity index (χ0) is 25.6. The number of hydrogen-bond donors (Lipinski definition) is 4. The largest absolute Gasteiger partial charge is 0.397 e. The van der Waals surface area contributed by atoms with Crippen molar-refractivity contribution in [2.24, 2.45) is 0 Å². The fourth-order valence-corrected chi connectivity index (χ4v) is 4.80. The first-order valence-electron chi connectivity index (χ1n) is 11.9. The number of aliphatic hydroxyl groups excluding tert-OH is 2. The number of unbranched alkanes of at least 4 members (excludes halogenated alkanes) is 11. The second-order valence-corrected chi connectivity index (χ2v) is 10.5. The van der Waals surface area contributed by atoms with Crippen LogP contribution in [0.4, 0.5) is 0 Å². The summed E-state index contributed by atoms with van der Waals surface area (Å²) in [5.74, 6) is 0. The first-order chi connectivity index (χ1) is 16.0. The molecule has 0 aromatic heterocycles. The third-order valence-electron chi connectivity index (χ3n) is 5.54. The average molecular weight is 537 g/mol. The Balaban J connectivity index is 2.47. The maximum Gasteiger partial charge on any atom is 0.397 e. The molecule has 1 saturated heterocycles. The van der Waals surface area contributed by atoms with Crippen molar-refractivity contribution in [1.29, 1.82) is 0 Å². The Hall–Kier alpha value is -0.420. The summed E-state index contributed by atoms with van der Waals surface area (Å²) in [6.45, 7) is 1.48. The van der Waals surface area contributed by atoms with Gasteiger partial charge in [0.15, 0.2) is 12.4 Å². The Kier molecular flexibility index (Phi) is 15.2. The fourth-order valence-electron chi connectivity index (χ4n) is 3.81. The van der Waals surface area contributed by atoms with E-state index in [1.807, 2.05) is 0 Å². The van der Waals surface area contributed by atoms with Crippen LogP contribution in [0.25, 0.3) is 0 Å². The van der Waals surface area contributed by atoms with Crippen molar-refractivity contribution in [1.82, 2.24) is 0 Å². The monoisotopic (exact) mass is 536 g/mol. The van der Waals surface area contributed by atoms with E-state index < -0.39 is 58.1 Å². The van der Waals surface area contributed by atoms with E-state index in [0.717, 1.165) is 25.7 Å². The predicted molar refractivity (Wildman–Crippen MR) is 122 cm³/mol. The first kappa shape index (κ1) is 31.6. The van der Waals surface area contributed by atoms with Crippen LogP contribution in [-0.2, 0) is 38.6 Å². The molecule has 14 heteroatoms. The van der Waals surface area contributed by atoms with Gasteiger partial charge in [0, 0.05) is 6.61 Å². The molecule has 1 rings (SSSR count). The minimum atomic E-state index is -5.16. The van der Waals surface area contributed by atoms with Crippen molar-refractivity contribution in [3.63, 3.8) is 0 Å². The van der Waals surface area contributed by atoms with Gasteiger partial charge in [-0.25, -0.2) is 8.37 Å². The third-order valence-corrected chi connectivity index (χ3v) is 6.47. The van der Waals surface area contributed by atoms with Gasteiger partial charge in [-0.15, -0.1) is 0 Å². The van der Waals surface area contributed by atoms with Gasteiger partial charge < -0.3 is 19.7 Å². The van der Waals surface area contributed by atoms with Crippen LogP contribution in [0.5, 0.6) is 0 Å². The molecule has 1 aliphatic rings. The second-order valence-electron chi connectivity index (χ2n) is 8.45. The van der Waals surface area contributed by atoms with Crippen LogP contribution < -0.4 is 0 Å². The number of ether oxygens (including phenoxy) is 2. The summed E-state index contributed by atoms with van der Waals surface area (Å²) in [6, 6.07) is 0. The van der Waals surface area contributed by atoms with Crippen LogP contribution >= 0.6 is 0 Å². The van der Waals surface area contributed by atoms with Gasteiger partial charge in [-0.05, 0) is 6.42 Å². The first-order valence-corrected chi connectivity index (χ1v) is 14.6. The summed E-state index contributed by atoms with van der Waals surface area (Å²) in [5.41, 5.74) is 0. The van der Waals surface area contributed by atoms with E-state index in [0.29, 0.717) is 6.42 Å². The Morgan fingerprint density at radius 2 is 1.18 bits per heavy atom. The molecule has 0 bridgehead atoms. The van der Waals surface area contributed by atoms with E-state index in [-0.39, 0.29) is 6.61 Å². The van der Waals surface area contributed by atoms with E-state index in [4.69, 9.17) is 18.6 Å². The highest BCUT2D eigenvalue weighted by molar-refractivity contribution is 7.81. The molecular formula is C20H40O12S2. The van der Waals surface area contributed by atoms with Crippen molar-refractivity contribution in [2.75, 3.05) is 13.2 Å². The summed E-state index contributed by atoms with van der Waals surface area (Å²) in [6.07, 6.45) is 4.51. The number of hydrogen-bond acceptors (Lipinski definition) is 10. The van der Waals surface area contributed by atoms with Crippen molar-refractivity contribution >= 4 is 20.8 Å². The van der Waals surface area contributed by atoms with Crippen molar-refractivity contribution in [2.45, 2.75) is 115 Å². The second kappa shape index (κ2) is 16.3. The Labute approximate surface area is 202 Å². The van der Waals surface area contributed by atoms with Crippen LogP contribution in [0.1, 0.15) is 84.0 Å². The lowest BCUT2D eigenvalue weighted by Crippen LogP contribution is -2.61. The molecule has 0 aromatic carbocycles. The van der Waals surface area contributed by atoms with Gasteiger partial charge in [0.2, 0.25) is 0 Å². The minimum absolute atomic E-state index is 0.0697. The smallest absolute Gasteiger partial charge is 0.394 e. The van der Waals surface area contributed by atoms with Crippen molar-refractivity contribution < 1.29 is 54.0 Å². The molecule has 4 N–H and O–H groups in total. The Morgan fingerprint density at radius 3 is 1.62 bits per heavy atom. The topological polar surface area (TPSA) is 186 Å². The molecule has 0 radical (unpaired) electrons. The van der Waals surface area contributed by atoms with Crippen LogP contribution in [0, 0.1) is 0 Å². The quantitative estimate of drug-likeness (QED) is 0.139. The van der Waals surface area contributed by atoms with Gasteiger partial charge in [0.05, 0.1) is 6.61 Å². The zero-order valence-electron chi connectivity index (χ0n) is 19.7. The highest BCUT2D eigenvalue weighted by Gasteiger charge is 2.51. The average Bonchev–Trinajstić information content (AvgIpc) is 2.73. The molecule has 0 saturated carbocycles. The van der Waals surface area contributed by atoms with Crippen molar-refractivity contribution in [3.8, 4) is 0 Å². The lowest BCUT2D eigenvalue weighted by Gasteiger charge is -2.41. The molecule has 5 atom stereocenters. The molecule has 0 aliphatic carbocycles. The summed E-state index contributed by atoms with van der Waals surface area (Å²) >= 11 is 0. The Bertz CT molecular complexity index is 743. The zero-order valence-corrected chi connectivity index (χ0v) is 21.3. The molecule has 1 unspecified atom stereocenters. The summed E-state index contributed by atoms with van der Waals surface area (Å²) in [5, 5.41) is 19.5. The summed E-state index contributed by atoms with van der Waals surface area (Å²) in [4.78, 5) is 0. The molecule has 1 fully saturated rings. The molecule has 0 aromatic rings. The van der Waals surface area contributed by atoms with Gasteiger partial charge in [-0.1, -0.05) is 77.6 Å². The van der Waals surface area contributed by atoms with E-state index in [1.165, 1.54) is 44.9 Å². The van der Waals surface area contributed by atoms with E-state index in [9.17, 15) is 27.0 Å². The van der Waals surface area contributed by atoms with Crippen LogP contribution in [-0.4, -0.2) is 80.1 Å². The van der Waals surface area contributed by atoms with Gasteiger partial charge in [0.25, 0.3) is 0 Å². The molecule has 1 heterocycles. The number of aliphatic hydroxyl groups is 2. The van der Waals surface area contributed by atoms with E-state index >= 15 is 0 Å². The maximum absolute atomic E-state index is 11.2. The summed E-state index contributed by atoms with van der Waals surface area (Å²) < 4.78 is 82.3. The fraction of sp³-hybridized carbons (Fsp3) is 1.00. The molecule has 0 spiro atoms. The van der Waals surface area contributed by atoms with Crippen LogP contribution in [0.3, 0.4) is 0 Å². The van der Waals surface area contributed by atoms with Gasteiger partial charge in [-0.3, -0.25) is 9.11 Å². The van der Waals surface area contributed by atoms with Crippen LogP contribution in [0.15, 0.2) is 0 Å². The minimum Gasteiger partial charge on any atom is -0.394 e. The molecule has 34 heavy (non-hydrogen) atoms. The Morgan fingerprint density at radius 1 is 0.735 bits per heavy atom. The highest BCUT2D eigenvalue weighted by atomic mass is 32.3. The van der Waals surface area contributed by atoms with E-state index in [1.54, 1.807) is 0 Å². The predicted octanol–water partition coefficient (Wildman–Crippen LogP) is 2.16. The molecule has 204 valence electrons. The molecular weight excluding hydrogens is 496 g/mol. The van der Waals surface area contributed by atoms with Crippen LogP contribution in [0.2, 0.25) is 0 Å². The third kappa shape index (κ3) is 13.6. The standard InChI is InChI=1S/C20H40O12S2/c1-2-3-4-5-6-7-8-9-10-11-12-13-14-29-20-19(32-34(26,27)28)18(31-33(23,24)25)17(22)16(15-21)30-20/h16-22H,2-15H2,1H3,(H,23,24,25)(H,26,27,28)/t16-,17-,18+,19-,20?/m1/s1. The normalized spacial score (nSPS) is 26.1. The van der Waals surface area contributed by atoms with Gasteiger partial charge in [-0.2, -0.15) is 16.8 Å². The SMILES string of the molecule is CCCCCCCCCCCCCCOC1O[C@H](CO)[C@@H](O)[C@H](OS(=O)(=O)O)[C@H]1OS(=O)(=O)O. The molecule has 1 aliphatic heterocycles. The van der Waals surface area contributed by atoms with Crippen molar-refractivity contribution in [3.05, 3.63) is 0 Å². The lowest BCUT2D eigenvalue weighted by molar-refractivity contribution is -0.291. The van der Waals surface area contributed by atoms with Gasteiger partial charge in [0.1, 0.15) is 18.3 Å². The lowest BCUT2D eigenvalue weighted by atomic mass is 9.99. The highest BCUT2D eigenvalue weighted by Crippen LogP contribution is 2.29. The van der Waals surface area contributed by atoms with Gasteiger partial charge >= 0.3 is 20.8 Å². The van der Waals surface area contributed by atoms with E-state index in [2.05, 4.69) is 15.3 Å². The summed E-state index contributed by atoms with van der Waals surface area (Å²) in [7, 11) is -10.3. The molecule has 12 nitrogen and oxygen atoms in total. The number of rotatable bonds is 19. The molecule has 0 amide bonds. The maximum atomic E-state index is 11.2.